The van der Waals surface area contributed by atoms with Crippen LogP contribution in [-0.2, 0) is 11.3 Å². The van der Waals surface area contributed by atoms with Crippen molar-refractivity contribution in [3.63, 3.8) is 0 Å². The fourth-order valence-electron chi connectivity index (χ4n) is 3.74. The Balaban J connectivity index is 1.45. The summed E-state index contributed by atoms with van der Waals surface area (Å²) < 4.78 is 11.4. The quantitative estimate of drug-likeness (QED) is 0.621. The summed E-state index contributed by atoms with van der Waals surface area (Å²) in [5.41, 5.74) is 2.34. The molecule has 0 bridgehead atoms. The molecule has 30 heavy (non-hydrogen) atoms. The maximum Gasteiger partial charge on any atom is 0.320 e. The van der Waals surface area contributed by atoms with Crippen molar-refractivity contribution in [1.29, 1.82) is 0 Å². The van der Waals surface area contributed by atoms with Gasteiger partial charge in [-0.25, -0.2) is 0 Å². The van der Waals surface area contributed by atoms with Gasteiger partial charge in [0.05, 0.1) is 19.8 Å². The lowest BCUT2D eigenvalue weighted by Crippen LogP contribution is -2.36. The van der Waals surface area contributed by atoms with E-state index in [1.165, 1.54) is 18.4 Å². The fourth-order valence-corrected chi connectivity index (χ4v) is 3.74. The number of morpholine rings is 1. The van der Waals surface area contributed by atoms with Gasteiger partial charge in [-0.3, -0.25) is 4.90 Å². The molecule has 0 saturated carbocycles. The van der Waals surface area contributed by atoms with Gasteiger partial charge in [0.2, 0.25) is 0 Å². The molecule has 0 atom stereocenters. The van der Waals surface area contributed by atoms with Gasteiger partial charge in [-0.05, 0) is 38.4 Å². The number of azo groups is 1. The molecule has 3 heterocycles. The van der Waals surface area contributed by atoms with Gasteiger partial charge in [-0.1, -0.05) is 29.8 Å². The second-order valence-corrected chi connectivity index (χ2v) is 7.75. The van der Waals surface area contributed by atoms with E-state index in [0.29, 0.717) is 38.2 Å². The van der Waals surface area contributed by atoms with Crippen molar-refractivity contribution in [3.05, 3.63) is 41.5 Å². The first-order chi connectivity index (χ1) is 14.8. The number of hydrogen-bond donors (Lipinski definition) is 0. The standard InChI is InChI=1S/C22H30N6O2/c1-18-5-4-6-19(15-18)17-23-26-20-16-21(28-10-12-29-13-11-28)25-22(24-20)30-14-9-27-7-2-3-8-27/h4-6,15-16H,2-3,7-14,17H2,1H3. The highest BCUT2D eigenvalue weighted by atomic mass is 16.5. The molecule has 8 nitrogen and oxygen atoms in total. The topological polar surface area (TPSA) is 75.4 Å². The van der Waals surface area contributed by atoms with Crippen LogP contribution in [0.1, 0.15) is 24.0 Å². The second kappa shape index (κ2) is 10.4. The van der Waals surface area contributed by atoms with Crippen LogP contribution < -0.4 is 9.64 Å². The third-order valence-electron chi connectivity index (χ3n) is 5.36. The van der Waals surface area contributed by atoms with Crippen LogP contribution in [0.5, 0.6) is 6.01 Å². The minimum Gasteiger partial charge on any atom is -0.462 e. The molecule has 2 aliphatic heterocycles. The predicted octanol–water partition coefficient (Wildman–Crippen LogP) is 3.38. The Hall–Kier alpha value is -2.58. The van der Waals surface area contributed by atoms with E-state index in [-0.39, 0.29) is 0 Å². The number of aryl methyl sites for hydroxylation is 1. The Morgan fingerprint density at radius 3 is 2.70 bits per heavy atom. The monoisotopic (exact) mass is 410 g/mol. The summed E-state index contributed by atoms with van der Waals surface area (Å²) in [4.78, 5) is 13.7. The van der Waals surface area contributed by atoms with E-state index in [4.69, 9.17) is 9.47 Å². The lowest BCUT2D eigenvalue weighted by atomic mass is 10.1. The van der Waals surface area contributed by atoms with E-state index in [9.17, 15) is 0 Å². The molecule has 0 N–H and O–H groups in total. The molecule has 2 saturated heterocycles. The van der Waals surface area contributed by atoms with Gasteiger partial charge in [0.15, 0.2) is 5.82 Å². The van der Waals surface area contributed by atoms with Gasteiger partial charge >= 0.3 is 6.01 Å². The first-order valence-corrected chi connectivity index (χ1v) is 10.8. The zero-order chi connectivity index (χ0) is 20.6. The third kappa shape index (κ3) is 5.96. The third-order valence-corrected chi connectivity index (χ3v) is 5.36. The van der Waals surface area contributed by atoms with E-state index in [2.05, 4.69) is 55.1 Å². The Morgan fingerprint density at radius 1 is 1.07 bits per heavy atom. The molecule has 0 aliphatic carbocycles. The van der Waals surface area contributed by atoms with E-state index >= 15 is 0 Å². The molecule has 0 unspecified atom stereocenters. The van der Waals surface area contributed by atoms with Crippen molar-refractivity contribution in [2.75, 3.05) is 57.4 Å². The van der Waals surface area contributed by atoms with Crippen molar-refractivity contribution in [2.24, 2.45) is 10.2 Å². The Kier molecular flexibility index (Phi) is 7.20. The molecule has 4 rings (SSSR count). The number of benzene rings is 1. The number of anilines is 1. The number of likely N-dealkylation sites (tertiary alicyclic amines) is 1. The average Bonchev–Trinajstić information content (AvgIpc) is 3.28. The molecule has 2 fully saturated rings. The summed E-state index contributed by atoms with van der Waals surface area (Å²) in [6.07, 6.45) is 2.54. The van der Waals surface area contributed by atoms with Crippen LogP contribution in [0, 0.1) is 6.92 Å². The summed E-state index contributed by atoms with van der Waals surface area (Å²) in [6.45, 7) is 9.34. The second-order valence-electron chi connectivity index (χ2n) is 7.75. The van der Waals surface area contributed by atoms with Crippen LogP contribution in [0.15, 0.2) is 40.6 Å². The van der Waals surface area contributed by atoms with Crippen molar-refractivity contribution in [2.45, 2.75) is 26.3 Å². The summed E-state index contributed by atoms with van der Waals surface area (Å²) >= 11 is 0. The average molecular weight is 411 g/mol. The SMILES string of the molecule is Cc1cccc(CN=Nc2cc(N3CCOCC3)nc(OCCN3CCCC3)n2)c1. The molecular formula is C22H30N6O2. The van der Waals surface area contributed by atoms with Gasteiger partial charge in [0.1, 0.15) is 12.4 Å². The first kappa shape index (κ1) is 20.7. The van der Waals surface area contributed by atoms with Crippen molar-refractivity contribution >= 4 is 11.6 Å². The Morgan fingerprint density at radius 2 is 1.90 bits per heavy atom. The lowest BCUT2D eigenvalue weighted by molar-refractivity contribution is 0.122. The summed E-state index contributed by atoms with van der Waals surface area (Å²) in [5, 5.41) is 8.71. The zero-order valence-corrected chi connectivity index (χ0v) is 17.7. The number of aromatic nitrogens is 2. The molecule has 0 spiro atoms. The number of rotatable bonds is 8. The number of ether oxygens (including phenoxy) is 2. The summed E-state index contributed by atoms with van der Waals surface area (Å²) in [6, 6.07) is 10.5. The van der Waals surface area contributed by atoms with Crippen LogP contribution in [0.2, 0.25) is 0 Å². The maximum absolute atomic E-state index is 5.90. The molecular weight excluding hydrogens is 380 g/mol. The van der Waals surface area contributed by atoms with Gasteiger partial charge in [0, 0.05) is 25.7 Å². The highest BCUT2D eigenvalue weighted by Crippen LogP contribution is 2.23. The lowest BCUT2D eigenvalue weighted by Gasteiger charge is -2.27. The molecule has 8 heteroatoms. The van der Waals surface area contributed by atoms with Gasteiger partial charge in [-0.2, -0.15) is 15.1 Å². The summed E-state index contributed by atoms with van der Waals surface area (Å²) in [7, 11) is 0. The van der Waals surface area contributed by atoms with Crippen LogP contribution in [0.4, 0.5) is 11.6 Å². The Bertz CT molecular complexity index is 847. The van der Waals surface area contributed by atoms with E-state index in [1.807, 2.05) is 12.1 Å². The van der Waals surface area contributed by atoms with Crippen LogP contribution >= 0.6 is 0 Å². The first-order valence-electron chi connectivity index (χ1n) is 10.8. The van der Waals surface area contributed by atoms with E-state index < -0.39 is 0 Å². The van der Waals surface area contributed by atoms with Crippen molar-refractivity contribution in [3.8, 4) is 6.01 Å². The van der Waals surface area contributed by atoms with Crippen molar-refractivity contribution in [1.82, 2.24) is 14.9 Å². The van der Waals surface area contributed by atoms with Crippen LogP contribution in [-0.4, -0.2) is 67.4 Å². The maximum atomic E-state index is 5.90. The molecule has 1 aromatic heterocycles. The normalized spacial score (nSPS) is 17.7. The number of hydrogen-bond acceptors (Lipinski definition) is 8. The smallest absolute Gasteiger partial charge is 0.320 e. The minimum absolute atomic E-state index is 0.364. The molecule has 2 aliphatic rings. The fraction of sp³-hybridized carbons (Fsp3) is 0.545. The van der Waals surface area contributed by atoms with E-state index in [1.54, 1.807) is 0 Å². The molecule has 2 aromatic rings. The van der Waals surface area contributed by atoms with E-state index in [0.717, 1.165) is 44.1 Å². The van der Waals surface area contributed by atoms with Crippen LogP contribution in [0.25, 0.3) is 0 Å². The van der Waals surface area contributed by atoms with Crippen LogP contribution in [0.3, 0.4) is 0 Å². The highest BCUT2D eigenvalue weighted by molar-refractivity contribution is 5.47. The minimum atomic E-state index is 0.364. The highest BCUT2D eigenvalue weighted by Gasteiger charge is 2.16. The summed E-state index contributed by atoms with van der Waals surface area (Å²) in [5.74, 6) is 1.34. The molecule has 1 aromatic carbocycles. The largest absolute Gasteiger partial charge is 0.462 e. The Labute approximate surface area is 177 Å². The predicted molar refractivity (Wildman–Crippen MR) is 116 cm³/mol. The molecule has 0 amide bonds. The molecule has 160 valence electrons. The van der Waals surface area contributed by atoms with Gasteiger partial charge in [-0.15, -0.1) is 5.11 Å². The number of nitrogens with zero attached hydrogens (tertiary/aromatic N) is 6. The van der Waals surface area contributed by atoms with Gasteiger partial charge in [0.25, 0.3) is 0 Å². The zero-order valence-electron chi connectivity index (χ0n) is 17.7. The van der Waals surface area contributed by atoms with Gasteiger partial charge < -0.3 is 14.4 Å². The molecule has 0 radical (unpaired) electrons. The van der Waals surface area contributed by atoms with Crippen molar-refractivity contribution < 1.29 is 9.47 Å².